The predicted molar refractivity (Wildman–Crippen MR) is 143 cm³/mol. The van der Waals surface area contributed by atoms with E-state index in [2.05, 4.69) is 0 Å². The summed E-state index contributed by atoms with van der Waals surface area (Å²) in [6.45, 7) is 16.1. The lowest BCUT2D eigenvalue weighted by Gasteiger charge is -2.32. The van der Waals surface area contributed by atoms with E-state index in [1.807, 2.05) is 55.4 Å². The van der Waals surface area contributed by atoms with Gasteiger partial charge in [-0.1, -0.05) is 23.2 Å². The molecule has 2 fully saturated rings. The number of rotatable bonds is 2. The van der Waals surface area contributed by atoms with Crippen LogP contribution in [0.1, 0.15) is 55.4 Å². The molecule has 2 aromatic carbocycles. The molecule has 184 valence electrons. The van der Waals surface area contributed by atoms with Crippen molar-refractivity contribution in [2.75, 3.05) is 11.5 Å². The van der Waals surface area contributed by atoms with Crippen molar-refractivity contribution in [2.45, 2.75) is 77.8 Å². The molecule has 4 N–H and O–H groups in total. The molecule has 0 aromatic heterocycles. The highest BCUT2D eigenvalue weighted by molar-refractivity contribution is 6.64. The van der Waals surface area contributed by atoms with Crippen molar-refractivity contribution in [3.05, 3.63) is 46.4 Å². The monoisotopic (exact) mass is 506 g/mol. The van der Waals surface area contributed by atoms with Crippen LogP contribution in [0, 0.1) is 0 Å². The van der Waals surface area contributed by atoms with Crippen molar-refractivity contribution >= 4 is 59.7 Å². The Kier molecular flexibility index (Phi) is 7.38. The largest absolute Gasteiger partial charge is 0.497 e. The van der Waals surface area contributed by atoms with Gasteiger partial charge >= 0.3 is 14.2 Å². The van der Waals surface area contributed by atoms with Crippen LogP contribution in [0.3, 0.4) is 0 Å². The van der Waals surface area contributed by atoms with Crippen LogP contribution in [0.4, 0.5) is 11.4 Å². The number of hydrogen-bond acceptors (Lipinski definition) is 6. The third-order valence-electron chi connectivity index (χ3n) is 7.11. The third kappa shape index (κ3) is 5.38. The number of benzene rings is 2. The fourth-order valence-corrected chi connectivity index (χ4v) is 3.80. The minimum atomic E-state index is -0.460. The molecule has 0 bridgehead atoms. The van der Waals surface area contributed by atoms with Gasteiger partial charge in [0, 0.05) is 32.3 Å². The summed E-state index contributed by atoms with van der Waals surface area (Å²) in [5.41, 5.74) is 13.2. The lowest BCUT2D eigenvalue weighted by atomic mass is 9.78. The maximum Gasteiger partial charge on any atom is 0.497 e. The number of halogens is 2. The second-order valence-corrected chi connectivity index (χ2v) is 11.6. The molecule has 0 amide bonds. The fourth-order valence-electron chi connectivity index (χ4n) is 3.44. The standard InChI is InChI=1S/2C12H17BClNO2/c2*1-11(2)12(3,4)17-13(16-11)9-7-8(14)5-6-10(9)15/h2*5-7H,15H2,1-4H3. The van der Waals surface area contributed by atoms with Gasteiger partial charge in [-0.2, -0.15) is 0 Å². The fraction of sp³-hybridized carbons (Fsp3) is 0.500. The first-order valence-electron chi connectivity index (χ1n) is 11.3. The molecule has 0 saturated carbocycles. The summed E-state index contributed by atoms with van der Waals surface area (Å²) in [4.78, 5) is 0. The second-order valence-electron chi connectivity index (χ2n) is 10.7. The van der Waals surface area contributed by atoms with Gasteiger partial charge in [0.2, 0.25) is 0 Å². The zero-order valence-corrected chi connectivity index (χ0v) is 22.7. The zero-order valence-electron chi connectivity index (χ0n) is 21.2. The van der Waals surface area contributed by atoms with Gasteiger partial charge in [-0.15, -0.1) is 0 Å². The van der Waals surface area contributed by atoms with Gasteiger partial charge in [-0.25, -0.2) is 0 Å². The first-order valence-corrected chi connectivity index (χ1v) is 12.0. The van der Waals surface area contributed by atoms with E-state index in [1.54, 1.807) is 36.4 Å². The molecule has 0 aliphatic carbocycles. The molecule has 10 heteroatoms. The first-order chi connectivity index (χ1) is 15.5. The quantitative estimate of drug-likeness (QED) is 0.462. The molecular formula is C24H34B2Cl2N2O4. The van der Waals surface area contributed by atoms with Crippen molar-refractivity contribution in [1.82, 2.24) is 0 Å². The highest BCUT2D eigenvalue weighted by atomic mass is 35.5. The van der Waals surface area contributed by atoms with Gasteiger partial charge in [0.05, 0.1) is 22.4 Å². The number of nitrogens with two attached hydrogens (primary N) is 2. The summed E-state index contributed by atoms with van der Waals surface area (Å²) < 4.78 is 23.7. The van der Waals surface area contributed by atoms with Crippen LogP contribution in [-0.4, -0.2) is 36.6 Å². The van der Waals surface area contributed by atoms with Gasteiger partial charge in [0.25, 0.3) is 0 Å². The SMILES string of the molecule is CC1(C)OB(c2cc(Cl)ccc2N)OC1(C)C.CC1(C)OB(c2cc(Cl)ccc2N)OC1(C)C. The van der Waals surface area contributed by atoms with Crippen LogP contribution in [0.15, 0.2) is 36.4 Å². The summed E-state index contributed by atoms with van der Waals surface area (Å²) in [5.74, 6) is 0. The molecule has 2 aliphatic heterocycles. The van der Waals surface area contributed by atoms with Crippen LogP contribution in [0.25, 0.3) is 0 Å². The molecule has 2 heterocycles. The Morgan fingerprint density at radius 1 is 0.559 bits per heavy atom. The van der Waals surface area contributed by atoms with Crippen molar-refractivity contribution in [1.29, 1.82) is 0 Å². The van der Waals surface area contributed by atoms with Crippen molar-refractivity contribution in [2.24, 2.45) is 0 Å². The average Bonchev–Trinajstić information content (AvgIpc) is 3.05. The lowest BCUT2D eigenvalue weighted by Crippen LogP contribution is -2.41. The maximum atomic E-state index is 5.97. The average molecular weight is 507 g/mol. The summed E-state index contributed by atoms with van der Waals surface area (Å²) in [6, 6.07) is 10.6. The van der Waals surface area contributed by atoms with Gasteiger partial charge < -0.3 is 30.1 Å². The minimum absolute atomic E-state index is 0.369. The highest BCUT2D eigenvalue weighted by Crippen LogP contribution is 2.38. The summed E-state index contributed by atoms with van der Waals surface area (Å²) in [6.07, 6.45) is 0. The van der Waals surface area contributed by atoms with E-state index in [-0.39, 0.29) is 22.4 Å². The normalized spacial score (nSPS) is 21.8. The number of hydrogen-bond donors (Lipinski definition) is 2. The molecule has 0 atom stereocenters. The van der Waals surface area contributed by atoms with Crippen LogP contribution in [0.2, 0.25) is 10.0 Å². The number of anilines is 2. The molecule has 2 saturated heterocycles. The molecular weight excluding hydrogens is 473 g/mol. The number of nitrogen functional groups attached to an aromatic ring is 2. The van der Waals surface area contributed by atoms with Gasteiger partial charge in [-0.3, -0.25) is 0 Å². The van der Waals surface area contributed by atoms with E-state index in [9.17, 15) is 0 Å². The Morgan fingerprint density at radius 2 is 0.824 bits per heavy atom. The smallest absolute Gasteiger partial charge is 0.399 e. The second kappa shape index (κ2) is 9.23. The van der Waals surface area contributed by atoms with Crippen LogP contribution in [0.5, 0.6) is 0 Å². The van der Waals surface area contributed by atoms with E-state index in [4.69, 9.17) is 53.3 Å². The third-order valence-corrected chi connectivity index (χ3v) is 7.58. The first kappa shape index (κ1) is 27.2. The molecule has 6 nitrogen and oxygen atoms in total. The summed E-state index contributed by atoms with van der Waals surface area (Å²) in [5, 5.41) is 1.26. The van der Waals surface area contributed by atoms with Gasteiger partial charge in [-0.05, 0) is 91.8 Å². The van der Waals surface area contributed by atoms with E-state index in [0.29, 0.717) is 21.4 Å². The molecule has 0 radical (unpaired) electrons. The molecule has 0 unspecified atom stereocenters. The molecule has 2 aliphatic rings. The Morgan fingerprint density at radius 3 is 1.09 bits per heavy atom. The van der Waals surface area contributed by atoms with Crippen molar-refractivity contribution in [3.8, 4) is 0 Å². The molecule has 2 aromatic rings. The van der Waals surface area contributed by atoms with E-state index in [1.165, 1.54) is 0 Å². The zero-order chi connectivity index (χ0) is 25.7. The van der Waals surface area contributed by atoms with Crippen LogP contribution >= 0.6 is 23.2 Å². The molecule has 4 rings (SSSR count). The van der Waals surface area contributed by atoms with Crippen molar-refractivity contribution < 1.29 is 18.6 Å². The summed E-state index contributed by atoms with van der Waals surface area (Å²) >= 11 is 11.9. The Labute approximate surface area is 213 Å². The lowest BCUT2D eigenvalue weighted by molar-refractivity contribution is 0.00578. The minimum Gasteiger partial charge on any atom is -0.399 e. The topological polar surface area (TPSA) is 89.0 Å². The van der Waals surface area contributed by atoms with Crippen LogP contribution < -0.4 is 22.4 Å². The Hall–Kier alpha value is -1.41. The predicted octanol–water partition coefficient (Wildman–Crippen LogP) is 4.44. The highest BCUT2D eigenvalue weighted by Gasteiger charge is 2.53. The maximum absolute atomic E-state index is 5.97. The van der Waals surface area contributed by atoms with Gasteiger partial charge in [0.15, 0.2) is 0 Å². The van der Waals surface area contributed by atoms with Gasteiger partial charge in [0.1, 0.15) is 0 Å². The summed E-state index contributed by atoms with van der Waals surface area (Å²) in [7, 11) is -0.919. The Bertz CT molecular complexity index is 948. The molecule has 34 heavy (non-hydrogen) atoms. The van der Waals surface area contributed by atoms with E-state index in [0.717, 1.165) is 10.9 Å². The van der Waals surface area contributed by atoms with E-state index >= 15 is 0 Å². The van der Waals surface area contributed by atoms with Crippen LogP contribution in [-0.2, 0) is 18.6 Å². The Balaban J connectivity index is 0.000000191. The van der Waals surface area contributed by atoms with Crippen molar-refractivity contribution in [3.63, 3.8) is 0 Å². The molecule has 0 spiro atoms. The van der Waals surface area contributed by atoms with E-state index < -0.39 is 14.2 Å².